The van der Waals surface area contributed by atoms with E-state index in [4.69, 9.17) is 11.6 Å². The summed E-state index contributed by atoms with van der Waals surface area (Å²) in [7, 11) is 0. The number of nitrogens with zero attached hydrogens (tertiary/aromatic N) is 3. The Morgan fingerprint density at radius 2 is 1.67 bits per heavy atom. The van der Waals surface area contributed by atoms with Gasteiger partial charge in [0.2, 0.25) is 0 Å². The number of benzene rings is 2. The topological polar surface area (TPSA) is 79.8 Å². The van der Waals surface area contributed by atoms with Crippen LogP contribution in [0.5, 0.6) is 0 Å². The number of anilines is 3. The molecule has 4 rings (SSSR count). The molecule has 27 heavy (non-hydrogen) atoms. The van der Waals surface area contributed by atoms with Crippen LogP contribution in [0, 0.1) is 0 Å². The highest BCUT2D eigenvalue weighted by molar-refractivity contribution is 6.33. The number of hydrogen-bond acceptors (Lipinski definition) is 5. The monoisotopic (exact) mass is 375 g/mol. The number of halogens is 1. The number of carbonyl (C=O) groups is 1. The molecular weight excluding hydrogens is 362 g/mol. The van der Waals surface area contributed by atoms with Gasteiger partial charge in [0.1, 0.15) is 0 Å². The Bertz CT molecular complexity index is 1110. The molecule has 0 aliphatic rings. The van der Waals surface area contributed by atoms with Gasteiger partial charge in [-0.2, -0.15) is 0 Å². The van der Waals surface area contributed by atoms with Crippen LogP contribution in [0.1, 0.15) is 10.5 Å². The number of nitrogens with one attached hydrogen (secondary N) is 2. The van der Waals surface area contributed by atoms with E-state index in [1.165, 1.54) is 0 Å². The highest BCUT2D eigenvalue weighted by Gasteiger charge is 2.11. The van der Waals surface area contributed by atoms with Crippen LogP contribution in [0.15, 0.2) is 72.9 Å². The summed E-state index contributed by atoms with van der Waals surface area (Å²) in [6.45, 7) is 0. The molecule has 0 aliphatic carbocycles. The second-order valence-electron chi connectivity index (χ2n) is 5.74. The summed E-state index contributed by atoms with van der Waals surface area (Å²) in [5.74, 6) is 0.136. The minimum Gasteiger partial charge on any atom is -0.337 e. The van der Waals surface area contributed by atoms with Crippen LogP contribution in [0.2, 0.25) is 5.02 Å². The maximum absolute atomic E-state index is 12.3. The Morgan fingerprint density at radius 3 is 2.48 bits per heavy atom. The Balaban J connectivity index is 1.52. The lowest BCUT2D eigenvalue weighted by Gasteiger charge is -2.09. The summed E-state index contributed by atoms with van der Waals surface area (Å²) >= 11 is 6.05. The van der Waals surface area contributed by atoms with E-state index in [0.29, 0.717) is 16.5 Å². The maximum atomic E-state index is 12.3. The Kier molecular flexibility index (Phi) is 4.63. The SMILES string of the molecule is O=C(Nc1ccccc1Cl)c1ccc(Nc2cccc3cccnc23)nn1. The third kappa shape index (κ3) is 3.70. The molecule has 0 atom stereocenters. The smallest absolute Gasteiger partial charge is 0.276 e. The maximum Gasteiger partial charge on any atom is 0.276 e. The average molecular weight is 376 g/mol. The van der Waals surface area contributed by atoms with Crippen LogP contribution in [-0.4, -0.2) is 21.1 Å². The molecular formula is C20H14ClN5O. The third-order valence-electron chi connectivity index (χ3n) is 3.91. The molecule has 2 aromatic heterocycles. The van der Waals surface area contributed by atoms with Gasteiger partial charge < -0.3 is 10.6 Å². The molecule has 2 aromatic carbocycles. The van der Waals surface area contributed by atoms with Gasteiger partial charge in [0.25, 0.3) is 5.91 Å². The van der Waals surface area contributed by atoms with Crippen molar-refractivity contribution in [1.29, 1.82) is 0 Å². The lowest BCUT2D eigenvalue weighted by atomic mass is 10.2. The van der Waals surface area contributed by atoms with Gasteiger partial charge in [-0.05, 0) is 36.4 Å². The van der Waals surface area contributed by atoms with Crippen molar-refractivity contribution in [2.24, 2.45) is 0 Å². The first-order chi connectivity index (χ1) is 13.2. The van der Waals surface area contributed by atoms with E-state index < -0.39 is 0 Å². The highest BCUT2D eigenvalue weighted by Crippen LogP contribution is 2.24. The van der Waals surface area contributed by atoms with Crippen molar-refractivity contribution in [2.75, 3.05) is 10.6 Å². The van der Waals surface area contributed by atoms with E-state index in [-0.39, 0.29) is 11.6 Å². The lowest BCUT2D eigenvalue weighted by Crippen LogP contribution is -2.14. The second-order valence-corrected chi connectivity index (χ2v) is 6.15. The fourth-order valence-corrected chi connectivity index (χ4v) is 2.80. The predicted molar refractivity (Wildman–Crippen MR) is 106 cm³/mol. The van der Waals surface area contributed by atoms with Gasteiger partial charge in [0.15, 0.2) is 11.5 Å². The van der Waals surface area contributed by atoms with Crippen molar-refractivity contribution in [3.8, 4) is 0 Å². The number of carbonyl (C=O) groups excluding carboxylic acids is 1. The minimum atomic E-state index is -0.381. The molecule has 7 heteroatoms. The van der Waals surface area contributed by atoms with Crippen LogP contribution in [0.4, 0.5) is 17.2 Å². The zero-order valence-electron chi connectivity index (χ0n) is 14.1. The summed E-state index contributed by atoms with van der Waals surface area (Å²) in [5, 5.41) is 15.5. The summed E-state index contributed by atoms with van der Waals surface area (Å²) in [6.07, 6.45) is 1.74. The zero-order valence-corrected chi connectivity index (χ0v) is 14.8. The summed E-state index contributed by atoms with van der Waals surface area (Å²) in [5.41, 5.74) is 2.37. The van der Waals surface area contributed by atoms with E-state index in [0.717, 1.165) is 16.6 Å². The predicted octanol–water partition coefficient (Wildman–Crippen LogP) is 4.67. The molecule has 2 N–H and O–H groups in total. The molecule has 6 nitrogen and oxygen atoms in total. The van der Waals surface area contributed by atoms with Gasteiger partial charge in [-0.25, -0.2) is 0 Å². The number of rotatable bonds is 4. The molecule has 0 aliphatic heterocycles. The summed E-state index contributed by atoms with van der Waals surface area (Å²) in [4.78, 5) is 16.7. The Morgan fingerprint density at radius 1 is 0.852 bits per heavy atom. The van der Waals surface area contributed by atoms with E-state index >= 15 is 0 Å². The fraction of sp³-hybridized carbons (Fsp3) is 0. The van der Waals surface area contributed by atoms with E-state index in [2.05, 4.69) is 25.8 Å². The van der Waals surface area contributed by atoms with Gasteiger partial charge in [-0.1, -0.05) is 41.9 Å². The minimum absolute atomic E-state index is 0.191. The molecule has 0 saturated heterocycles. The molecule has 2 heterocycles. The Labute approximate surface area is 160 Å². The van der Waals surface area contributed by atoms with Crippen molar-refractivity contribution in [2.45, 2.75) is 0 Å². The number of pyridine rings is 1. The van der Waals surface area contributed by atoms with Crippen LogP contribution in [-0.2, 0) is 0 Å². The van der Waals surface area contributed by atoms with Crippen molar-refractivity contribution in [1.82, 2.24) is 15.2 Å². The van der Waals surface area contributed by atoms with Crippen LogP contribution in [0.3, 0.4) is 0 Å². The van der Waals surface area contributed by atoms with Crippen molar-refractivity contribution >= 4 is 45.6 Å². The number of amides is 1. The molecule has 132 valence electrons. The molecule has 0 unspecified atom stereocenters. The first-order valence-electron chi connectivity index (χ1n) is 8.21. The summed E-state index contributed by atoms with van der Waals surface area (Å²) < 4.78 is 0. The molecule has 0 saturated carbocycles. The van der Waals surface area contributed by atoms with Crippen LogP contribution in [0.25, 0.3) is 10.9 Å². The average Bonchev–Trinajstić information content (AvgIpc) is 2.70. The van der Waals surface area contributed by atoms with Crippen molar-refractivity contribution < 1.29 is 4.79 Å². The number of para-hydroxylation sites is 2. The quantitative estimate of drug-likeness (QED) is 0.541. The normalized spacial score (nSPS) is 10.6. The highest BCUT2D eigenvalue weighted by atomic mass is 35.5. The van der Waals surface area contributed by atoms with Gasteiger partial charge in [0.05, 0.1) is 21.9 Å². The molecule has 0 spiro atoms. The number of fused-ring (bicyclic) bond motifs is 1. The first-order valence-corrected chi connectivity index (χ1v) is 8.59. The Hall–Kier alpha value is -3.51. The standard InChI is InChI=1S/C20H14ClN5O/c21-14-7-1-2-8-15(14)24-20(27)17-10-11-18(26-25-17)23-16-9-3-5-13-6-4-12-22-19(13)16/h1-12H,(H,23,26)(H,24,27). The second kappa shape index (κ2) is 7.39. The largest absolute Gasteiger partial charge is 0.337 e. The fourth-order valence-electron chi connectivity index (χ4n) is 2.61. The molecule has 1 amide bonds. The first kappa shape index (κ1) is 16.9. The van der Waals surface area contributed by atoms with E-state index in [1.807, 2.05) is 30.3 Å². The molecule has 0 radical (unpaired) electrons. The van der Waals surface area contributed by atoms with E-state index in [1.54, 1.807) is 42.6 Å². The number of aromatic nitrogens is 3. The van der Waals surface area contributed by atoms with Gasteiger partial charge in [0, 0.05) is 11.6 Å². The third-order valence-corrected chi connectivity index (χ3v) is 4.24. The van der Waals surface area contributed by atoms with Gasteiger partial charge >= 0.3 is 0 Å². The summed E-state index contributed by atoms with van der Waals surface area (Å²) in [6, 6.07) is 20.0. The van der Waals surface area contributed by atoms with Gasteiger partial charge in [-0.3, -0.25) is 9.78 Å². The lowest BCUT2D eigenvalue weighted by molar-refractivity contribution is 0.102. The zero-order chi connectivity index (χ0) is 18.6. The van der Waals surface area contributed by atoms with Crippen LogP contribution >= 0.6 is 11.6 Å². The van der Waals surface area contributed by atoms with Gasteiger partial charge in [-0.15, -0.1) is 10.2 Å². The van der Waals surface area contributed by atoms with Crippen molar-refractivity contribution in [3.63, 3.8) is 0 Å². The molecule has 4 aromatic rings. The molecule has 0 fully saturated rings. The number of hydrogen-bond donors (Lipinski definition) is 2. The van der Waals surface area contributed by atoms with Crippen LogP contribution < -0.4 is 10.6 Å². The molecule has 0 bridgehead atoms. The van der Waals surface area contributed by atoms with E-state index in [9.17, 15) is 4.79 Å². The van der Waals surface area contributed by atoms with Crippen molar-refractivity contribution in [3.05, 3.63) is 83.6 Å².